The minimum atomic E-state index is -0.626. The van der Waals surface area contributed by atoms with E-state index < -0.39 is 17.7 Å². The summed E-state index contributed by atoms with van der Waals surface area (Å²) >= 11 is 0. The van der Waals surface area contributed by atoms with Gasteiger partial charge in [-0.2, -0.15) is 0 Å². The molecular weight excluding hydrogens is 354 g/mol. The van der Waals surface area contributed by atoms with Crippen molar-refractivity contribution in [3.05, 3.63) is 53.2 Å². The van der Waals surface area contributed by atoms with Crippen LogP contribution in [0.2, 0.25) is 0 Å². The Hall–Kier alpha value is -3.47. The molecule has 6 nitrogen and oxygen atoms in total. The van der Waals surface area contributed by atoms with E-state index in [1.165, 1.54) is 36.7 Å². The highest BCUT2D eigenvalue weighted by Gasteiger charge is 2.20. The zero-order chi connectivity index (χ0) is 19.2. The van der Waals surface area contributed by atoms with Crippen LogP contribution < -0.4 is 10.5 Å². The van der Waals surface area contributed by atoms with Gasteiger partial charge in [-0.1, -0.05) is 12.0 Å². The molecule has 27 heavy (non-hydrogen) atoms. The number of halogens is 2. The third-order valence-electron chi connectivity index (χ3n) is 3.77. The number of nitrogens with two attached hydrogens (primary N) is 1. The van der Waals surface area contributed by atoms with Gasteiger partial charge in [-0.15, -0.1) is 6.42 Å². The number of hydrogen-bond acceptors (Lipinski definition) is 6. The molecule has 1 aromatic carbocycles. The van der Waals surface area contributed by atoms with Gasteiger partial charge in [0.25, 0.3) is 6.02 Å². The summed E-state index contributed by atoms with van der Waals surface area (Å²) in [6, 6.07) is 3.79. The zero-order valence-electron chi connectivity index (χ0n) is 14.2. The minimum Gasteiger partial charge on any atom is -0.465 e. The lowest BCUT2D eigenvalue weighted by Gasteiger charge is -2.20. The van der Waals surface area contributed by atoms with Crippen LogP contribution in [0, 0.1) is 18.2 Å². The van der Waals surface area contributed by atoms with E-state index in [9.17, 15) is 8.78 Å². The summed E-state index contributed by atoms with van der Waals surface area (Å²) in [5.74, 6) is 1.43. The molecule has 1 aromatic heterocycles. The molecular formula is C19H16F2N4O2. The summed E-state index contributed by atoms with van der Waals surface area (Å²) in [5.41, 5.74) is 6.35. The molecule has 1 atom stereocenters. The molecule has 0 saturated heterocycles. The van der Waals surface area contributed by atoms with E-state index in [4.69, 9.17) is 21.6 Å². The van der Waals surface area contributed by atoms with E-state index in [0.717, 1.165) is 0 Å². The fourth-order valence-corrected chi connectivity index (χ4v) is 2.51. The second kappa shape index (κ2) is 8.27. The summed E-state index contributed by atoms with van der Waals surface area (Å²) in [4.78, 5) is 12.0. The molecule has 0 fully saturated rings. The van der Waals surface area contributed by atoms with Crippen LogP contribution in [0.25, 0.3) is 11.9 Å². The number of ether oxygens (including phenoxy) is 2. The van der Waals surface area contributed by atoms with Crippen LogP contribution in [-0.2, 0) is 4.74 Å². The van der Waals surface area contributed by atoms with Gasteiger partial charge >= 0.3 is 0 Å². The lowest BCUT2D eigenvalue weighted by molar-refractivity contribution is 0.255. The Morgan fingerprint density at radius 2 is 2.26 bits per heavy atom. The van der Waals surface area contributed by atoms with Crippen LogP contribution in [-0.4, -0.2) is 29.2 Å². The highest BCUT2D eigenvalue weighted by Crippen LogP contribution is 2.28. The van der Waals surface area contributed by atoms with Crippen molar-refractivity contribution in [2.75, 3.05) is 13.2 Å². The molecule has 0 bridgehead atoms. The summed E-state index contributed by atoms with van der Waals surface area (Å²) in [7, 11) is 0. The number of aromatic nitrogens is 2. The van der Waals surface area contributed by atoms with Crippen molar-refractivity contribution in [2.24, 2.45) is 10.7 Å². The van der Waals surface area contributed by atoms with Gasteiger partial charge in [-0.05, 0) is 23.8 Å². The lowest BCUT2D eigenvalue weighted by Crippen LogP contribution is -2.24. The molecule has 2 heterocycles. The first-order valence-electron chi connectivity index (χ1n) is 8.08. The Labute approximate surface area is 154 Å². The summed E-state index contributed by atoms with van der Waals surface area (Å²) in [6.45, 7) is 0.390. The maximum atomic E-state index is 14.5. The van der Waals surface area contributed by atoms with E-state index >= 15 is 0 Å². The second-order valence-corrected chi connectivity index (χ2v) is 5.63. The third-order valence-corrected chi connectivity index (χ3v) is 3.77. The first-order valence-corrected chi connectivity index (χ1v) is 8.08. The van der Waals surface area contributed by atoms with E-state index in [-0.39, 0.29) is 24.2 Å². The Kier molecular flexibility index (Phi) is 5.61. The van der Waals surface area contributed by atoms with E-state index in [2.05, 4.69) is 20.9 Å². The molecule has 1 aliphatic heterocycles. The molecule has 3 rings (SSSR count). The van der Waals surface area contributed by atoms with Crippen molar-refractivity contribution < 1.29 is 18.3 Å². The molecule has 2 aromatic rings. The molecule has 1 aliphatic rings. The van der Waals surface area contributed by atoms with E-state index in [1.807, 2.05) is 0 Å². The van der Waals surface area contributed by atoms with Crippen LogP contribution >= 0.6 is 0 Å². The fraction of sp³-hybridized carbons (Fsp3) is 0.211. The molecule has 0 saturated carbocycles. The fourth-order valence-electron chi connectivity index (χ4n) is 2.51. The molecule has 0 spiro atoms. The number of benzene rings is 1. The Balaban J connectivity index is 1.83. The predicted molar refractivity (Wildman–Crippen MR) is 96.7 cm³/mol. The van der Waals surface area contributed by atoms with Crippen molar-refractivity contribution in [3.8, 4) is 18.2 Å². The van der Waals surface area contributed by atoms with Crippen LogP contribution in [0.15, 0.2) is 35.6 Å². The van der Waals surface area contributed by atoms with Crippen molar-refractivity contribution in [1.29, 1.82) is 0 Å². The molecule has 1 unspecified atom stereocenters. The number of aliphatic imine (C=N–C) groups is 1. The van der Waals surface area contributed by atoms with Crippen molar-refractivity contribution >= 4 is 17.9 Å². The maximum Gasteiger partial charge on any atom is 0.282 e. The molecule has 0 amide bonds. The van der Waals surface area contributed by atoms with Gasteiger partial charge in [-0.25, -0.2) is 23.7 Å². The first-order chi connectivity index (χ1) is 13.1. The standard InChI is InChI=1S/C19H16F2N4O2/c1-2-6-26-18-11-23-17(10-24-18)15(21)9-12-3-4-14(20)13(8-12)16-5-7-27-19(22)25-16/h1,3-4,8-11,16H,5-7H2,(H2,22,25)/b15-9-. The minimum absolute atomic E-state index is 0.0141. The number of terminal acetylenes is 1. The van der Waals surface area contributed by atoms with Crippen LogP contribution in [0.1, 0.15) is 29.3 Å². The third kappa shape index (κ3) is 4.58. The second-order valence-electron chi connectivity index (χ2n) is 5.63. The van der Waals surface area contributed by atoms with Gasteiger partial charge < -0.3 is 15.2 Å². The largest absolute Gasteiger partial charge is 0.465 e. The number of amidine groups is 1. The SMILES string of the molecule is C#CCOc1cnc(/C(F)=C/c2ccc(F)c(C3CCOC(N)=N3)c2)cn1. The van der Waals surface area contributed by atoms with Crippen LogP contribution in [0.3, 0.4) is 0 Å². The average molecular weight is 370 g/mol. The van der Waals surface area contributed by atoms with Crippen molar-refractivity contribution in [2.45, 2.75) is 12.5 Å². The Morgan fingerprint density at radius 1 is 1.41 bits per heavy atom. The van der Waals surface area contributed by atoms with Crippen molar-refractivity contribution in [3.63, 3.8) is 0 Å². The van der Waals surface area contributed by atoms with Crippen LogP contribution in [0.4, 0.5) is 8.78 Å². The summed E-state index contributed by atoms with van der Waals surface area (Å²) in [5, 5.41) is 0. The predicted octanol–water partition coefficient (Wildman–Crippen LogP) is 2.87. The summed E-state index contributed by atoms with van der Waals surface area (Å²) < 4.78 is 38.8. The maximum absolute atomic E-state index is 14.5. The lowest BCUT2D eigenvalue weighted by atomic mass is 10.0. The van der Waals surface area contributed by atoms with Crippen LogP contribution in [0.5, 0.6) is 5.88 Å². The topological polar surface area (TPSA) is 82.6 Å². The number of nitrogens with zero attached hydrogens (tertiary/aromatic N) is 3. The van der Waals surface area contributed by atoms with E-state index in [0.29, 0.717) is 24.2 Å². The van der Waals surface area contributed by atoms with Gasteiger partial charge in [0.05, 0.1) is 25.0 Å². The first kappa shape index (κ1) is 18.3. The molecule has 138 valence electrons. The van der Waals surface area contributed by atoms with E-state index in [1.54, 1.807) is 0 Å². The Bertz CT molecular complexity index is 920. The number of hydrogen-bond donors (Lipinski definition) is 1. The smallest absolute Gasteiger partial charge is 0.282 e. The molecule has 2 N–H and O–H groups in total. The molecule has 0 aliphatic carbocycles. The van der Waals surface area contributed by atoms with Gasteiger partial charge in [0.15, 0.2) is 12.4 Å². The van der Waals surface area contributed by atoms with Gasteiger partial charge in [-0.3, -0.25) is 0 Å². The molecule has 0 radical (unpaired) electrons. The van der Waals surface area contributed by atoms with Gasteiger partial charge in [0, 0.05) is 12.0 Å². The monoisotopic (exact) mass is 370 g/mol. The summed E-state index contributed by atoms with van der Waals surface area (Å²) in [6.07, 6.45) is 9.31. The van der Waals surface area contributed by atoms with Gasteiger partial charge in [0.1, 0.15) is 11.5 Å². The zero-order valence-corrected chi connectivity index (χ0v) is 14.2. The normalized spacial score (nSPS) is 16.9. The quantitative estimate of drug-likeness (QED) is 0.819. The van der Waals surface area contributed by atoms with Gasteiger partial charge in [0.2, 0.25) is 5.88 Å². The molecule has 8 heteroatoms. The Morgan fingerprint density at radius 3 is 2.96 bits per heavy atom. The van der Waals surface area contributed by atoms with Crippen molar-refractivity contribution in [1.82, 2.24) is 9.97 Å². The highest BCUT2D eigenvalue weighted by molar-refractivity contribution is 5.75. The average Bonchev–Trinajstić information content (AvgIpc) is 2.68. The number of rotatable bonds is 5. The highest BCUT2D eigenvalue weighted by atomic mass is 19.1.